The SMILES string of the molecule is COC(=O)C1=Cc2cc(C)cc(C)c2C1C(=O)OC. The fraction of sp³-hybridized carbons (Fsp3) is 0.333. The largest absolute Gasteiger partial charge is 0.468 e. The molecular formula is C15H16O4. The number of hydrogen-bond donors (Lipinski definition) is 0. The number of benzene rings is 1. The molecule has 1 aliphatic carbocycles. The van der Waals surface area contributed by atoms with E-state index in [4.69, 9.17) is 9.47 Å². The van der Waals surface area contributed by atoms with Crippen molar-refractivity contribution in [3.63, 3.8) is 0 Å². The Bertz CT molecular complexity index is 584. The molecule has 1 aromatic rings. The molecule has 4 nitrogen and oxygen atoms in total. The molecule has 0 radical (unpaired) electrons. The summed E-state index contributed by atoms with van der Waals surface area (Å²) in [6.07, 6.45) is 1.71. The Balaban J connectivity index is 2.60. The summed E-state index contributed by atoms with van der Waals surface area (Å²) in [6.45, 7) is 3.90. The monoisotopic (exact) mass is 260 g/mol. The van der Waals surface area contributed by atoms with Crippen molar-refractivity contribution >= 4 is 18.0 Å². The molecule has 0 N–H and O–H groups in total. The van der Waals surface area contributed by atoms with E-state index in [0.29, 0.717) is 5.57 Å². The third-order valence-corrected chi connectivity index (χ3v) is 3.33. The third kappa shape index (κ3) is 2.14. The third-order valence-electron chi connectivity index (χ3n) is 3.33. The van der Waals surface area contributed by atoms with Crippen LogP contribution in [0.25, 0.3) is 6.08 Å². The fourth-order valence-corrected chi connectivity index (χ4v) is 2.59. The minimum atomic E-state index is -0.687. The summed E-state index contributed by atoms with van der Waals surface area (Å²) in [5.74, 6) is -1.63. The molecule has 0 saturated carbocycles. The molecule has 0 amide bonds. The molecular weight excluding hydrogens is 244 g/mol. The van der Waals surface area contributed by atoms with Crippen molar-refractivity contribution in [3.05, 3.63) is 40.0 Å². The van der Waals surface area contributed by atoms with E-state index < -0.39 is 17.9 Å². The summed E-state index contributed by atoms with van der Waals surface area (Å²) in [5, 5.41) is 0. The van der Waals surface area contributed by atoms with Gasteiger partial charge in [0.2, 0.25) is 0 Å². The second-order valence-electron chi connectivity index (χ2n) is 4.63. The van der Waals surface area contributed by atoms with Crippen LogP contribution < -0.4 is 0 Å². The zero-order valence-corrected chi connectivity index (χ0v) is 11.4. The average Bonchev–Trinajstić information content (AvgIpc) is 2.76. The summed E-state index contributed by atoms with van der Waals surface area (Å²) in [4.78, 5) is 23.8. The smallest absolute Gasteiger partial charge is 0.334 e. The van der Waals surface area contributed by atoms with E-state index in [0.717, 1.165) is 22.3 Å². The Hall–Kier alpha value is -2.10. The molecule has 0 heterocycles. The van der Waals surface area contributed by atoms with Crippen LogP contribution in [-0.2, 0) is 19.1 Å². The molecule has 0 saturated heterocycles. The zero-order chi connectivity index (χ0) is 14.2. The summed E-state index contributed by atoms with van der Waals surface area (Å²) in [7, 11) is 2.62. The van der Waals surface area contributed by atoms with E-state index in [1.54, 1.807) is 6.08 Å². The van der Waals surface area contributed by atoms with Gasteiger partial charge < -0.3 is 9.47 Å². The molecule has 0 aliphatic heterocycles. The van der Waals surface area contributed by atoms with Crippen LogP contribution in [0, 0.1) is 13.8 Å². The molecule has 2 rings (SSSR count). The van der Waals surface area contributed by atoms with Crippen LogP contribution in [0.15, 0.2) is 17.7 Å². The molecule has 19 heavy (non-hydrogen) atoms. The Morgan fingerprint density at radius 2 is 1.79 bits per heavy atom. The van der Waals surface area contributed by atoms with Crippen molar-refractivity contribution in [1.82, 2.24) is 0 Å². The van der Waals surface area contributed by atoms with E-state index >= 15 is 0 Å². The average molecular weight is 260 g/mol. The Kier molecular flexibility index (Phi) is 3.42. The second-order valence-corrected chi connectivity index (χ2v) is 4.63. The highest BCUT2D eigenvalue weighted by molar-refractivity contribution is 6.06. The van der Waals surface area contributed by atoms with Crippen LogP contribution in [0.5, 0.6) is 0 Å². The van der Waals surface area contributed by atoms with E-state index in [1.807, 2.05) is 26.0 Å². The van der Waals surface area contributed by atoms with Crippen LogP contribution in [0.2, 0.25) is 0 Å². The normalized spacial score (nSPS) is 16.6. The Labute approximate surface area is 112 Å². The predicted molar refractivity (Wildman–Crippen MR) is 70.7 cm³/mol. The molecule has 0 bridgehead atoms. The minimum absolute atomic E-state index is 0.332. The highest BCUT2D eigenvalue weighted by Gasteiger charge is 2.37. The van der Waals surface area contributed by atoms with Gasteiger partial charge in [0.25, 0.3) is 0 Å². The van der Waals surface area contributed by atoms with Crippen LogP contribution in [0.1, 0.15) is 28.2 Å². The first-order chi connectivity index (χ1) is 8.99. The van der Waals surface area contributed by atoms with Crippen molar-refractivity contribution < 1.29 is 19.1 Å². The number of rotatable bonds is 2. The molecule has 100 valence electrons. The molecule has 4 heteroatoms. The van der Waals surface area contributed by atoms with Crippen molar-refractivity contribution in [3.8, 4) is 0 Å². The minimum Gasteiger partial charge on any atom is -0.468 e. The molecule has 1 atom stereocenters. The molecule has 0 fully saturated rings. The summed E-state index contributed by atoms with van der Waals surface area (Å²) < 4.78 is 9.56. The quantitative estimate of drug-likeness (QED) is 0.764. The highest BCUT2D eigenvalue weighted by Crippen LogP contribution is 2.40. The standard InChI is InChI=1S/C15H16O4/c1-8-5-9(2)12-10(6-8)7-11(14(16)18-3)13(12)15(17)19-4/h5-7,13H,1-4H3. The van der Waals surface area contributed by atoms with Gasteiger partial charge in [0.15, 0.2) is 0 Å². The van der Waals surface area contributed by atoms with Crippen LogP contribution in [0.4, 0.5) is 0 Å². The van der Waals surface area contributed by atoms with Crippen LogP contribution >= 0.6 is 0 Å². The van der Waals surface area contributed by atoms with Gasteiger partial charge in [-0.1, -0.05) is 17.7 Å². The fourth-order valence-electron chi connectivity index (χ4n) is 2.59. The Morgan fingerprint density at radius 3 is 2.37 bits per heavy atom. The molecule has 0 spiro atoms. The highest BCUT2D eigenvalue weighted by atomic mass is 16.5. The van der Waals surface area contributed by atoms with Gasteiger partial charge in [-0.2, -0.15) is 0 Å². The van der Waals surface area contributed by atoms with Crippen molar-refractivity contribution in [2.45, 2.75) is 19.8 Å². The molecule has 1 aliphatic rings. The van der Waals surface area contributed by atoms with Crippen LogP contribution in [-0.4, -0.2) is 26.2 Å². The number of esters is 2. The second kappa shape index (κ2) is 4.88. The van der Waals surface area contributed by atoms with E-state index in [2.05, 4.69) is 0 Å². The Morgan fingerprint density at radius 1 is 1.11 bits per heavy atom. The lowest BCUT2D eigenvalue weighted by Crippen LogP contribution is -2.20. The topological polar surface area (TPSA) is 52.6 Å². The van der Waals surface area contributed by atoms with Gasteiger partial charge in [0.05, 0.1) is 19.8 Å². The van der Waals surface area contributed by atoms with Crippen molar-refractivity contribution in [2.75, 3.05) is 14.2 Å². The van der Waals surface area contributed by atoms with Gasteiger partial charge in [-0.05, 0) is 36.6 Å². The van der Waals surface area contributed by atoms with E-state index in [9.17, 15) is 9.59 Å². The number of methoxy groups -OCH3 is 2. The number of carbonyl (C=O) groups excluding carboxylic acids is 2. The van der Waals surface area contributed by atoms with Gasteiger partial charge in [-0.3, -0.25) is 4.79 Å². The van der Waals surface area contributed by atoms with Gasteiger partial charge in [0.1, 0.15) is 5.92 Å². The number of hydrogen-bond acceptors (Lipinski definition) is 4. The van der Waals surface area contributed by atoms with E-state index in [1.165, 1.54) is 14.2 Å². The van der Waals surface area contributed by atoms with Gasteiger partial charge in [-0.25, -0.2) is 4.79 Å². The number of fused-ring (bicyclic) bond motifs is 1. The summed E-state index contributed by atoms with van der Waals surface area (Å²) >= 11 is 0. The molecule has 1 aromatic carbocycles. The van der Waals surface area contributed by atoms with Crippen molar-refractivity contribution in [2.24, 2.45) is 0 Å². The lowest BCUT2D eigenvalue weighted by molar-refractivity contribution is -0.144. The molecule has 0 aromatic heterocycles. The predicted octanol–water partition coefficient (Wildman–Crippen LogP) is 2.13. The number of aryl methyl sites for hydroxylation is 2. The first-order valence-electron chi connectivity index (χ1n) is 5.98. The zero-order valence-electron chi connectivity index (χ0n) is 11.4. The lowest BCUT2D eigenvalue weighted by atomic mass is 9.91. The van der Waals surface area contributed by atoms with Crippen LogP contribution in [0.3, 0.4) is 0 Å². The summed E-state index contributed by atoms with van der Waals surface area (Å²) in [6, 6.07) is 3.94. The number of carbonyl (C=O) groups is 2. The van der Waals surface area contributed by atoms with Gasteiger partial charge >= 0.3 is 11.9 Å². The summed E-state index contributed by atoms with van der Waals surface area (Å²) in [5.41, 5.74) is 4.10. The first kappa shape index (κ1) is 13.3. The van der Waals surface area contributed by atoms with E-state index in [-0.39, 0.29) is 0 Å². The lowest BCUT2D eigenvalue weighted by Gasteiger charge is -2.15. The maximum atomic E-state index is 12.0. The molecule has 1 unspecified atom stereocenters. The maximum absolute atomic E-state index is 12.0. The number of ether oxygens (including phenoxy) is 2. The van der Waals surface area contributed by atoms with Gasteiger partial charge in [0, 0.05) is 0 Å². The first-order valence-corrected chi connectivity index (χ1v) is 5.98. The van der Waals surface area contributed by atoms with Gasteiger partial charge in [-0.15, -0.1) is 0 Å². The maximum Gasteiger partial charge on any atom is 0.334 e. The van der Waals surface area contributed by atoms with Crippen molar-refractivity contribution in [1.29, 1.82) is 0 Å².